The molecule has 0 radical (unpaired) electrons. The van der Waals surface area contributed by atoms with Gasteiger partial charge >= 0.3 is 6.36 Å². The average Bonchev–Trinajstić information content (AvgIpc) is 2.82. The first-order valence-corrected chi connectivity index (χ1v) is 6.29. The quantitative estimate of drug-likeness (QED) is 0.917. The third-order valence-corrected chi connectivity index (χ3v) is 3.28. The number of benzene rings is 1. The lowest BCUT2D eigenvalue weighted by Gasteiger charge is -2.26. The van der Waals surface area contributed by atoms with Gasteiger partial charge in [-0.3, -0.25) is 4.90 Å². The van der Waals surface area contributed by atoms with Crippen molar-refractivity contribution < 1.29 is 17.9 Å². The summed E-state index contributed by atoms with van der Waals surface area (Å²) in [4.78, 5) is 2.20. The molecule has 1 unspecified atom stereocenters. The van der Waals surface area contributed by atoms with Crippen LogP contribution in [0.15, 0.2) is 24.3 Å². The van der Waals surface area contributed by atoms with Crippen molar-refractivity contribution >= 4 is 0 Å². The normalized spacial score (nSPS) is 18.5. The van der Waals surface area contributed by atoms with Crippen molar-refractivity contribution in [3.63, 3.8) is 0 Å². The third-order valence-electron chi connectivity index (χ3n) is 3.28. The molecule has 0 aromatic heterocycles. The minimum Gasteiger partial charge on any atom is -0.406 e. The molecule has 1 saturated heterocycles. The topological polar surface area (TPSA) is 38.5 Å². The Labute approximate surface area is 110 Å². The van der Waals surface area contributed by atoms with Gasteiger partial charge in [-0.05, 0) is 43.6 Å². The van der Waals surface area contributed by atoms with E-state index < -0.39 is 6.36 Å². The molecule has 1 heterocycles. The highest BCUT2D eigenvalue weighted by atomic mass is 19.4. The smallest absolute Gasteiger partial charge is 0.406 e. The van der Waals surface area contributed by atoms with E-state index in [-0.39, 0.29) is 11.8 Å². The van der Waals surface area contributed by atoms with Crippen molar-refractivity contribution in [3.8, 4) is 5.75 Å². The lowest BCUT2D eigenvalue weighted by molar-refractivity contribution is -0.274. The van der Waals surface area contributed by atoms with Gasteiger partial charge in [0, 0.05) is 12.6 Å². The van der Waals surface area contributed by atoms with Crippen LogP contribution in [0.25, 0.3) is 0 Å². The Morgan fingerprint density at radius 2 is 1.95 bits per heavy atom. The molecule has 2 N–H and O–H groups in total. The fraction of sp³-hybridized carbons (Fsp3) is 0.538. The predicted octanol–water partition coefficient (Wildman–Crippen LogP) is 2.68. The third kappa shape index (κ3) is 3.84. The van der Waals surface area contributed by atoms with E-state index in [1.165, 1.54) is 12.1 Å². The minimum absolute atomic E-state index is 0.0423. The Morgan fingerprint density at radius 3 is 2.53 bits per heavy atom. The molecule has 0 aliphatic carbocycles. The maximum absolute atomic E-state index is 12.2. The van der Waals surface area contributed by atoms with Crippen LogP contribution in [0.2, 0.25) is 0 Å². The molecule has 0 spiro atoms. The SMILES string of the molecule is NCC(c1cccc(OC(F)(F)F)c1)N1CCCC1. The van der Waals surface area contributed by atoms with Gasteiger partial charge in [-0.1, -0.05) is 12.1 Å². The molecule has 19 heavy (non-hydrogen) atoms. The highest BCUT2D eigenvalue weighted by molar-refractivity contribution is 5.31. The number of likely N-dealkylation sites (tertiary alicyclic amines) is 1. The summed E-state index contributed by atoms with van der Waals surface area (Å²) in [6.45, 7) is 2.26. The summed E-state index contributed by atoms with van der Waals surface area (Å²) in [5.41, 5.74) is 6.53. The molecule has 1 fully saturated rings. The highest BCUT2D eigenvalue weighted by Gasteiger charge is 2.31. The zero-order valence-corrected chi connectivity index (χ0v) is 10.5. The molecular weight excluding hydrogens is 257 g/mol. The Bertz CT molecular complexity index is 417. The monoisotopic (exact) mass is 274 g/mol. The van der Waals surface area contributed by atoms with Crippen LogP contribution in [-0.2, 0) is 0 Å². The second kappa shape index (κ2) is 5.79. The number of rotatable bonds is 4. The molecule has 1 aromatic rings. The van der Waals surface area contributed by atoms with E-state index >= 15 is 0 Å². The van der Waals surface area contributed by atoms with Gasteiger partial charge in [0.2, 0.25) is 0 Å². The standard InChI is InChI=1S/C13H17F3N2O/c14-13(15,16)19-11-5-3-4-10(8-11)12(9-17)18-6-1-2-7-18/h3-5,8,12H,1-2,6-7,9,17H2. The number of hydrogen-bond donors (Lipinski definition) is 1. The maximum Gasteiger partial charge on any atom is 0.573 e. The molecule has 0 saturated carbocycles. The summed E-state index contributed by atoms with van der Waals surface area (Å²) < 4.78 is 40.5. The molecule has 1 atom stereocenters. The molecule has 1 aliphatic rings. The zero-order valence-electron chi connectivity index (χ0n) is 10.5. The van der Waals surface area contributed by atoms with E-state index in [2.05, 4.69) is 9.64 Å². The van der Waals surface area contributed by atoms with E-state index in [0.29, 0.717) is 6.54 Å². The predicted molar refractivity (Wildman–Crippen MR) is 65.7 cm³/mol. The largest absolute Gasteiger partial charge is 0.573 e. The van der Waals surface area contributed by atoms with Gasteiger partial charge in [0.1, 0.15) is 5.75 Å². The van der Waals surface area contributed by atoms with Gasteiger partial charge in [-0.2, -0.15) is 0 Å². The van der Waals surface area contributed by atoms with Gasteiger partial charge < -0.3 is 10.5 Å². The summed E-state index contributed by atoms with van der Waals surface area (Å²) >= 11 is 0. The number of ether oxygens (including phenoxy) is 1. The van der Waals surface area contributed by atoms with Crippen LogP contribution in [0.1, 0.15) is 24.4 Å². The Balaban J connectivity index is 2.16. The molecule has 3 nitrogen and oxygen atoms in total. The molecular formula is C13H17F3N2O. The second-order valence-corrected chi connectivity index (χ2v) is 4.61. The average molecular weight is 274 g/mol. The van der Waals surface area contributed by atoms with Crippen LogP contribution in [0.5, 0.6) is 5.75 Å². The van der Waals surface area contributed by atoms with Crippen LogP contribution >= 0.6 is 0 Å². The number of nitrogens with two attached hydrogens (primary N) is 1. The van der Waals surface area contributed by atoms with Crippen molar-refractivity contribution in [2.75, 3.05) is 19.6 Å². The van der Waals surface area contributed by atoms with E-state index in [4.69, 9.17) is 5.73 Å². The van der Waals surface area contributed by atoms with Crippen LogP contribution in [0, 0.1) is 0 Å². The van der Waals surface area contributed by atoms with E-state index in [1.54, 1.807) is 12.1 Å². The summed E-state index contributed by atoms with van der Waals surface area (Å²) in [7, 11) is 0. The summed E-state index contributed by atoms with van der Waals surface area (Å²) in [6, 6.07) is 6.03. The van der Waals surface area contributed by atoms with E-state index in [9.17, 15) is 13.2 Å². The molecule has 2 rings (SSSR count). The van der Waals surface area contributed by atoms with E-state index in [1.807, 2.05) is 0 Å². The van der Waals surface area contributed by atoms with Crippen LogP contribution in [0.3, 0.4) is 0 Å². The molecule has 0 amide bonds. The first kappa shape index (κ1) is 14.1. The molecule has 1 aromatic carbocycles. The van der Waals surface area contributed by atoms with Gasteiger partial charge in [-0.15, -0.1) is 13.2 Å². The maximum atomic E-state index is 12.2. The lowest BCUT2D eigenvalue weighted by atomic mass is 10.1. The van der Waals surface area contributed by atoms with Crippen LogP contribution < -0.4 is 10.5 Å². The fourth-order valence-corrected chi connectivity index (χ4v) is 2.47. The fourth-order valence-electron chi connectivity index (χ4n) is 2.47. The molecule has 106 valence electrons. The van der Waals surface area contributed by atoms with Gasteiger partial charge in [0.25, 0.3) is 0 Å². The molecule has 0 bridgehead atoms. The lowest BCUT2D eigenvalue weighted by Crippen LogP contribution is -2.31. The van der Waals surface area contributed by atoms with Crippen LogP contribution in [-0.4, -0.2) is 30.9 Å². The Hall–Kier alpha value is -1.27. The van der Waals surface area contributed by atoms with Crippen molar-refractivity contribution in [1.82, 2.24) is 4.90 Å². The van der Waals surface area contributed by atoms with Gasteiger partial charge in [0.05, 0.1) is 0 Å². The minimum atomic E-state index is -4.66. The summed E-state index contributed by atoms with van der Waals surface area (Å²) in [5, 5.41) is 0. The zero-order chi connectivity index (χ0) is 13.9. The first-order valence-electron chi connectivity index (χ1n) is 6.29. The van der Waals surface area contributed by atoms with E-state index in [0.717, 1.165) is 31.5 Å². The number of halogens is 3. The number of alkyl halides is 3. The Morgan fingerprint density at radius 1 is 1.26 bits per heavy atom. The molecule has 6 heteroatoms. The number of nitrogens with zero attached hydrogens (tertiary/aromatic N) is 1. The van der Waals surface area contributed by atoms with Gasteiger partial charge in [-0.25, -0.2) is 0 Å². The van der Waals surface area contributed by atoms with Crippen molar-refractivity contribution in [2.24, 2.45) is 5.73 Å². The highest BCUT2D eigenvalue weighted by Crippen LogP contribution is 2.29. The first-order chi connectivity index (χ1) is 8.99. The van der Waals surface area contributed by atoms with Gasteiger partial charge in [0.15, 0.2) is 0 Å². The Kier molecular flexibility index (Phi) is 4.31. The summed E-state index contributed by atoms with van der Waals surface area (Å²) in [6.07, 6.45) is -2.45. The summed E-state index contributed by atoms with van der Waals surface area (Å²) in [5.74, 6) is -0.192. The van der Waals surface area contributed by atoms with Crippen molar-refractivity contribution in [2.45, 2.75) is 25.2 Å². The van der Waals surface area contributed by atoms with Crippen LogP contribution in [0.4, 0.5) is 13.2 Å². The van der Waals surface area contributed by atoms with Crippen molar-refractivity contribution in [3.05, 3.63) is 29.8 Å². The van der Waals surface area contributed by atoms with Crippen molar-refractivity contribution in [1.29, 1.82) is 0 Å². The number of hydrogen-bond acceptors (Lipinski definition) is 3. The second-order valence-electron chi connectivity index (χ2n) is 4.61. The molecule has 1 aliphatic heterocycles.